The Labute approximate surface area is 122 Å². The van der Waals surface area contributed by atoms with Crippen LogP contribution in [-0.4, -0.2) is 17.6 Å². The van der Waals surface area contributed by atoms with Gasteiger partial charge < -0.3 is 10.6 Å². The number of anilines is 1. The van der Waals surface area contributed by atoms with Crippen LogP contribution in [0.25, 0.3) is 0 Å². The van der Waals surface area contributed by atoms with Crippen LogP contribution in [-0.2, 0) is 0 Å². The third-order valence-corrected chi connectivity index (χ3v) is 4.39. The Hall–Kier alpha value is -0.610. The van der Waals surface area contributed by atoms with Crippen molar-refractivity contribution in [1.29, 1.82) is 0 Å². The van der Waals surface area contributed by atoms with Gasteiger partial charge in [0, 0.05) is 28.3 Å². The van der Waals surface area contributed by atoms with Gasteiger partial charge in [-0.3, -0.25) is 0 Å². The first kappa shape index (κ1) is 12.4. The minimum absolute atomic E-state index is 0.499. The van der Waals surface area contributed by atoms with Crippen molar-refractivity contribution in [2.75, 3.05) is 11.4 Å². The van der Waals surface area contributed by atoms with E-state index in [1.165, 1.54) is 31.4 Å². The average Bonchev–Trinajstić information content (AvgIpc) is 3.18. The van der Waals surface area contributed by atoms with E-state index in [2.05, 4.69) is 26.9 Å². The van der Waals surface area contributed by atoms with Crippen LogP contribution in [0.15, 0.2) is 22.7 Å². The molecule has 2 N–H and O–H groups in total. The van der Waals surface area contributed by atoms with E-state index in [-0.39, 0.29) is 0 Å². The number of benzene rings is 1. The van der Waals surface area contributed by atoms with Gasteiger partial charge in [0.2, 0.25) is 0 Å². The fraction of sp³-hybridized carbons (Fsp3) is 0.500. The highest BCUT2D eigenvalue weighted by molar-refractivity contribution is 9.10. The van der Waals surface area contributed by atoms with Gasteiger partial charge >= 0.3 is 0 Å². The zero-order valence-corrected chi connectivity index (χ0v) is 12.6. The first-order valence-corrected chi connectivity index (χ1v) is 7.71. The van der Waals surface area contributed by atoms with Crippen LogP contribution in [0.4, 0.5) is 5.69 Å². The molecule has 18 heavy (non-hydrogen) atoms. The van der Waals surface area contributed by atoms with E-state index in [1.807, 2.05) is 12.1 Å². The maximum atomic E-state index is 5.86. The number of rotatable bonds is 5. The minimum Gasteiger partial charge on any atom is -0.389 e. The predicted molar refractivity (Wildman–Crippen MR) is 83.1 cm³/mol. The molecule has 0 amide bonds. The smallest absolute Gasteiger partial charge is 0.106 e. The molecule has 2 nitrogen and oxygen atoms in total. The molecule has 0 unspecified atom stereocenters. The molecule has 2 fully saturated rings. The molecular weight excluding hydrogens is 308 g/mol. The Bertz CT molecular complexity index is 481. The highest BCUT2D eigenvalue weighted by atomic mass is 79.9. The molecule has 1 aromatic rings. The monoisotopic (exact) mass is 324 g/mol. The van der Waals surface area contributed by atoms with E-state index in [0.29, 0.717) is 11.0 Å². The molecule has 3 rings (SSSR count). The summed E-state index contributed by atoms with van der Waals surface area (Å²) in [6, 6.07) is 6.91. The maximum absolute atomic E-state index is 5.86. The molecule has 0 atom stereocenters. The van der Waals surface area contributed by atoms with Crippen LogP contribution in [0.2, 0.25) is 0 Å². The fourth-order valence-corrected chi connectivity index (χ4v) is 2.88. The summed E-state index contributed by atoms with van der Waals surface area (Å²) >= 11 is 8.74. The molecule has 0 aromatic heterocycles. The highest BCUT2D eigenvalue weighted by Gasteiger charge is 2.34. The summed E-state index contributed by atoms with van der Waals surface area (Å²) in [4.78, 5) is 3.02. The summed E-state index contributed by atoms with van der Waals surface area (Å²) in [5, 5.41) is 0. The Morgan fingerprint density at radius 2 is 2.06 bits per heavy atom. The summed E-state index contributed by atoms with van der Waals surface area (Å²) in [6.07, 6.45) is 5.35. The first-order valence-electron chi connectivity index (χ1n) is 6.51. The van der Waals surface area contributed by atoms with Gasteiger partial charge in [0.15, 0.2) is 0 Å². The molecule has 1 aromatic carbocycles. The van der Waals surface area contributed by atoms with E-state index in [4.69, 9.17) is 18.0 Å². The molecule has 2 saturated carbocycles. The van der Waals surface area contributed by atoms with E-state index in [9.17, 15) is 0 Å². The molecule has 4 heteroatoms. The molecular formula is C14H17BrN2S. The third kappa shape index (κ3) is 2.69. The molecule has 0 spiro atoms. The van der Waals surface area contributed by atoms with Gasteiger partial charge in [-0.1, -0.05) is 28.1 Å². The van der Waals surface area contributed by atoms with Gasteiger partial charge in [0.1, 0.15) is 4.99 Å². The minimum atomic E-state index is 0.499. The number of thiocarbonyl (C=S) groups is 1. The van der Waals surface area contributed by atoms with Crippen molar-refractivity contribution < 1.29 is 0 Å². The third-order valence-electron chi connectivity index (χ3n) is 3.67. The topological polar surface area (TPSA) is 29.3 Å². The largest absolute Gasteiger partial charge is 0.389 e. The molecule has 0 aliphatic heterocycles. The van der Waals surface area contributed by atoms with Crippen molar-refractivity contribution in [2.24, 2.45) is 11.7 Å². The lowest BCUT2D eigenvalue weighted by atomic mass is 10.1. The van der Waals surface area contributed by atoms with Crippen LogP contribution in [0, 0.1) is 5.92 Å². The van der Waals surface area contributed by atoms with Gasteiger partial charge in [-0.2, -0.15) is 0 Å². The SMILES string of the molecule is NC(=S)c1ccc(Br)cc1N(CC1CC1)C1CC1. The Morgan fingerprint density at radius 1 is 1.33 bits per heavy atom. The number of hydrogen-bond acceptors (Lipinski definition) is 2. The van der Waals surface area contributed by atoms with Crippen molar-refractivity contribution in [1.82, 2.24) is 0 Å². The molecule has 2 aliphatic carbocycles. The molecule has 0 bridgehead atoms. The molecule has 0 heterocycles. The van der Waals surface area contributed by atoms with Crippen molar-refractivity contribution in [3.05, 3.63) is 28.2 Å². The quantitative estimate of drug-likeness (QED) is 0.841. The van der Waals surface area contributed by atoms with Crippen LogP contribution < -0.4 is 10.6 Å². The summed E-state index contributed by atoms with van der Waals surface area (Å²) in [5.74, 6) is 0.878. The fourth-order valence-electron chi connectivity index (χ4n) is 2.36. The van der Waals surface area contributed by atoms with E-state index >= 15 is 0 Å². The van der Waals surface area contributed by atoms with Gasteiger partial charge in [-0.25, -0.2) is 0 Å². The van der Waals surface area contributed by atoms with Crippen LogP contribution in [0.3, 0.4) is 0 Å². The molecule has 0 radical (unpaired) electrons. The zero-order valence-electron chi connectivity index (χ0n) is 10.2. The normalized spacial score (nSPS) is 18.7. The van der Waals surface area contributed by atoms with E-state index in [0.717, 1.165) is 22.5 Å². The van der Waals surface area contributed by atoms with Crippen molar-refractivity contribution >= 4 is 38.8 Å². The predicted octanol–water partition coefficient (Wildman–Crippen LogP) is 3.46. The Morgan fingerprint density at radius 3 is 2.61 bits per heavy atom. The number of halogens is 1. The second kappa shape index (κ2) is 4.82. The molecule has 2 aliphatic rings. The van der Waals surface area contributed by atoms with E-state index in [1.54, 1.807) is 0 Å². The Balaban J connectivity index is 1.95. The van der Waals surface area contributed by atoms with Crippen molar-refractivity contribution in [3.63, 3.8) is 0 Å². The summed E-state index contributed by atoms with van der Waals surface area (Å²) < 4.78 is 1.10. The lowest BCUT2D eigenvalue weighted by Gasteiger charge is -2.27. The van der Waals surface area contributed by atoms with E-state index < -0.39 is 0 Å². The lowest BCUT2D eigenvalue weighted by Crippen LogP contribution is -2.30. The average molecular weight is 325 g/mol. The second-order valence-electron chi connectivity index (χ2n) is 5.35. The van der Waals surface area contributed by atoms with Gasteiger partial charge in [0.25, 0.3) is 0 Å². The Kier molecular flexibility index (Phi) is 3.32. The summed E-state index contributed by atoms with van der Waals surface area (Å²) in [7, 11) is 0. The molecule has 96 valence electrons. The summed E-state index contributed by atoms with van der Waals surface area (Å²) in [6.45, 7) is 1.16. The van der Waals surface area contributed by atoms with Gasteiger partial charge in [-0.15, -0.1) is 0 Å². The van der Waals surface area contributed by atoms with Crippen LogP contribution >= 0.6 is 28.1 Å². The van der Waals surface area contributed by atoms with Crippen LogP contribution in [0.5, 0.6) is 0 Å². The highest BCUT2D eigenvalue weighted by Crippen LogP contribution is 2.39. The number of nitrogens with zero attached hydrogens (tertiary/aromatic N) is 1. The lowest BCUT2D eigenvalue weighted by molar-refractivity contribution is 0.718. The second-order valence-corrected chi connectivity index (χ2v) is 6.71. The van der Waals surface area contributed by atoms with Gasteiger partial charge in [0.05, 0.1) is 0 Å². The van der Waals surface area contributed by atoms with Crippen LogP contribution in [0.1, 0.15) is 31.2 Å². The number of hydrogen-bond donors (Lipinski definition) is 1. The van der Waals surface area contributed by atoms with Gasteiger partial charge in [-0.05, 0) is 49.8 Å². The van der Waals surface area contributed by atoms with Crippen molar-refractivity contribution in [3.8, 4) is 0 Å². The summed E-state index contributed by atoms with van der Waals surface area (Å²) in [5.41, 5.74) is 8.09. The standard InChI is InChI=1S/C14H17BrN2S/c15-10-3-6-12(14(16)18)13(7-10)17(11-4-5-11)8-9-1-2-9/h3,6-7,9,11H,1-2,4-5,8H2,(H2,16,18). The van der Waals surface area contributed by atoms with Crippen molar-refractivity contribution in [2.45, 2.75) is 31.7 Å². The number of nitrogens with two attached hydrogens (primary N) is 1. The zero-order chi connectivity index (χ0) is 12.7. The molecule has 0 saturated heterocycles. The maximum Gasteiger partial charge on any atom is 0.106 e. The first-order chi connectivity index (χ1) is 8.65.